The quantitative estimate of drug-likeness (QED) is 0.720. The van der Waals surface area contributed by atoms with E-state index in [1.807, 2.05) is 24.3 Å². The van der Waals surface area contributed by atoms with Crippen LogP contribution in [0.4, 0.5) is 5.69 Å². The molecule has 0 aromatic heterocycles. The molecule has 1 heterocycles. The van der Waals surface area contributed by atoms with Crippen LogP contribution in [0.2, 0.25) is 0 Å². The highest BCUT2D eigenvalue weighted by Crippen LogP contribution is 2.30. The van der Waals surface area contributed by atoms with Crippen LogP contribution in [-0.4, -0.2) is 24.1 Å². The van der Waals surface area contributed by atoms with Crippen LogP contribution < -0.4 is 5.01 Å². The van der Waals surface area contributed by atoms with Crippen molar-refractivity contribution in [2.75, 3.05) is 12.1 Å². The van der Waals surface area contributed by atoms with Gasteiger partial charge in [-0.25, -0.2) is 0 Å². The maximum atomic E-state index is 9.33. The molecule has 26 heavy (non-hydrogen) atoms. The first-order chi connectivity index (χ1) is 12.7. The van der Waals surface area contributed by atoms with Gasteiger partial charge in [-0.05, 0) is 42.2 Å². The standard InChI is InChI=1S/C22H26N4/c1-4-8-21-24-22(9-5-2)26(25(21)3)19-14-12-17(13-15-19)20-11-7-6-10-18(20)16-23/h6-7,10-15,21H,4-5,8-9H2,1-3H3. The Morgan fingerprint density at radius 2 is 1.77 bits per heavy atom. The van der Waals surface area contributed by atoms with Crippen molar-refractivity contribution in [3.05, 3.63) is 54.1 Å². The number of nitrogens with zero attached hydrogens (tertiary/aromatic N) is 4. The zero-order valence-electron chi connectivity index (χ0n) is 15.8. The summed E-state index contributed by atoms with van der Waals surface area (Å²) in [5, 5.41) is 13.8. The van der Waals surface area contributed by atoms with Crippen molar-refractivity contribution in [2.45, 2.75) is 45.7 Å². The number of nitriles is 1. The predicted molar refractivity (Wildman–Crippen MR) is 108 cm³/mol. The minimum absolute atomic E-state index is 0.223. The topological polar surface area (TPSA) is 42.6 Å². The van der Waals surface area contributed by atoms with Crippen molar-refractivity contribution in [2.24, 2.45) is 4.99 Å². The van der Waals surface area contributed by atoms with Gasteiger partial charge in [0.05, 0.1) is 17.3 Å². The summed E-state index contributed by atoms with van der Waals surface area (Å²) in [5.74, 6) is 1.14. The van der Waals surface area contributed by atoms with Crippen LogP contribution in [-0.2, 0) is 0 Å². The second-order valence-electron chi connectivity index (χ2n) is 6.65. The van der Waals surface area contributed by atoms with Crippen molar-refractivity contribution < 1.29 is 0 Å². The molecule has 0 spiro atoms. The number of amidine groups is 1. The molecule has 3 rings (SSSR count). The third-order valence-electron chi connectivity index (χ3n) is 4.78. The first-order valence-electron chi connectivity index (χ1n) is 9.38. The molecule has 1 atom stereocenters. The fraction of sp³-hybridized carbons (Fsp3) is 0.364. The monoisotopic (exact) mass is 346 g/mol. The normalized spacial score (nSPS) is 17.2. The number of anilines is 1. The van der Waals surface area contributed by atoms with Crippen molar-refractivity contribution in [1.29, 1.82) is 5.26 Å². The summed E-state index contributed by atoms with van der Waals surface area (Å²) in [4.78, 5) is 4.94. The summed E-state index contributed by atoms with van der Waals surface area (Å²) in [6.45, 7) is 4.39. The van der Waals surface area contributed by atoms with Gasteiger partial charge in [-0.3, -0.25) is 10.0 Å². The molecule has 0 bridgehead atoms. The molecule has 1 aliphatic heterocycles. The summed E-state index contributed by atoms with van der Waals surface area (Å²) in [6.07, 6.45) is 4.46. The molecular weight excluding hydrogens is 320 g/mol. The number of rotatable bonds is 6. The van der Waals surface area contributed by atoms with Crippen molar-refractivity contribution in [1.82, 2.24) is 5.01 Å². The van der Waals surface area contributed by atoms with Crippen molar-refractivity contribution >= 4 is 11.5 Å². The lowest BCUT2D eigenvalue weighted by Gasteiger charge is -2.30. The van der Waals surface area contributed by atoms with Crippen molar-refractivity contribution in [3.63, 3.8) is 0 Å². The van der Waals surface area contributed by atoms with Gasteiger partial charge in [-0.1, -0.05) is 50.6 Å². The fourth-order valence-electron chi connectivity index (χ4n) is 3.47. The highest BCUT2D eigenvalue weighted by Gasteiger charge is 2.30. The second kappa shape index (κ2) is 8.16. The molecule has 1 aliphatic rings. The highest BCUT2D eigenvalue weighted by atomic mass is 15.7. The molecule has 4 heteroatoms. The van der Waals surface area contributed by atoms with Gasteiger partial charge in [-0.15, -0.1) is 0 Å². The lowest BCUT2D eigenvalue weighted by atomic mass is 10.0. The molecule has 1 unspecified atom stereocenters. The van der Waals surface area contributed by atoms with Gasteiger partial charge in [0.25, 0.3) is 0 Å². The summed E-state index contributed by atoms with van der Waals surface area (Å²) in [6, 6.07) is 18.4. The summed E-state index contributed by atoms with van der Waals surface area (Å²) < 4.78 is 0. The Kier molecular flexibility index (Phi) is 5.70. The van der Waals surface area contributed by atoms with E-state index < -0.39 is 0 Å². The van der Waals surface area contributed by atoms with Gasteiger partial charge in [0.1, 0.15) is 12.0 Å². The van der Waals surface area contributed by atoms with Gasteiger partial charge >= 0.3 is 0 Å². The Hall–Kier alpha value is -2.64. The van der Waals surface area contributed by atoms with Gasteiger partial charge in [-0.2, -0.15) is 10.3 Å². The number of aliphatic imine (C=N–C) groups is 1. The average molecular weight is 346 g/mol. The smallest absolute Gasteiger partial charge is 0.121 e. The molecule has 0 saturated heterocycles. The molecule has 4 nitrogen and oxygen atoms in total. The number of hydrazine groups is 1. The van der Waals surface area contributed by atoms with Crippen LogP contribution in [0.1, 0.15) is 45.1 Å². The second-order valence-corrected chi connectivity index (χ2v) is 6.65. The summed E-state index contributed by atoms with van der Waals surface area (Å²) in [5.41, 5.74) is 3.86. The van der Waals surface area contributed by atoms with E-state index in [-0.39, 0.29) is 6.17 Å². The Bertz CT molecular complexity index is 817. The Balaban J connectivity index is 1.90. The number of hydrogen-bond acceptors (Lipinski definition) is 4. The lowest BCUT2D eigenvalue weighted by molar-refractivity contribution is 0.268. The zero-order valence-corrected chi connectivity index (χ0v) is 15.8. The molecule has 0 N–H and O–H groups in total. The molecule has 0 aliphatic carbocycles. The molecule has 2 aromatic carbocycles. The van der Waals surface area contributed by atoms with Crippen LogP contribution in [0.25, 0.3) is 11.1 Å². The first-order valence-corrected chi connectivity index (χ1v) is 9.38. The minimum Gasteiger partial charge on any atom is -0.259 e. The van der Waals surface area contributed by atoms with E-state index in [2.05, 4.69) is 61.2 Å². The molecule has 0 fully saturated rings. The van der Waals surface area contributed by atoms with Crippen LogP contribution in [0.3, 0.4) is 0 Å². The fourth-order valence-corrected chi connectivity index (χ4v) is 3.47. The van der Waals surface area contributed by atoms with Gasteiger partial charge in [0, 0.05) is 13.5 Å². The van der Waals surface area contributed by atoms with Gasteiger partial charge < -0.3 is 0 Å². The maximum Gasteiger partial charge on any atom is 0.121 e. The predicted octanol–water partition coefficient (Wildman–Crippen LogP) is 5.22. The molecule has 134 valence electrons. The van der Waals surface area contributed by atoms with Crippen LogP contribution in [0.15, 0.2) is 53.5 Å². The molecule has 0 radical (unpaired) electrons. The SMILES string of the molecule is CCCC1=NC(CCC)N(C)N1c1ccc(-c2ccccc2C#N)cc1. The lowest BCUT2D eigenvalue weighted by Crippen LogP contribution is -2.42. The molecule has 0 amide bonds. The van der Waals surface area contributed by atoms with Crippen LogP contribution in [0.5, 0.6) is 0 Å². The third kappa shape index (κ3) is 3.49. The molecular formula is C22H26N4. The summed E-state index contributed by atoms with van der Waals surface area (Å²) >= 11 is 0. The number of hydrogen-bond donors (Lipinski definition) is 0. The largest absolute Gasteiger partial charge is 0.259 e. The Labute approximate surface area is 156 Å². The van der Waals surface area contributed by atoms with E-state index in [0.29, 0.717) is 5.56 Å². The van der Waals surface area contributed by atoms with E-state index in [1.54, 1.807) is 0 Å². The average Bonchev–Trinajstić information content (AvgIpc) is 2.98. The molecule has 2 aromatic rings. The van der Waals surface area contributed by atoms with E-state index in [1.165, 1.54) is 0 Å². The molecule has 0 saturated carbocycles. The van der Waals surface area contributed by atoms with Crippen LogP contribution in [0, 0.1) is 11.3 Å². The van der Waals surface area contributed by atoms with Crippen molar-refractivity contribution in [3.8, 4) is 17.2 Å². The first kappa shape index (κ1) is 18.2. The van der Waals surface area contributed by atoms with E-state index in [9.17, 15) is 5.26 Å². The van der Waals surface area contributed by atoms with E-state index >= 15 is 0 Å². The maximum absolute atomic E-state index is 9.33. The zero-order chi connectivity index (χ0) is 18.5. The Morgan fingerprint density at radius 1 is 1.04 bits per heavy atom. The Morgan fingerprint density at radius 3 is 2.42 bits per heavy atom. The van der Waals surface area contributed by atoms with Crippen LogP contribution >= 0.6 is 0 Å². The third-order valence-corrected chi connectivity index (χ3v) is 4.78. The highest BCUT2D eigenvalue weighted by molar-refractivity contribution is 5.98. The van der Waals surface area contributed by atoms with Gasteiger partial charge in [0.15, 0.2) is 0 Å². The minimum atomic E-state index is 0.223. The summed E-state index contributed by atoms with van der Waals surface area (Å²) in [7, 11) is 2.12. The van der Waals surface area contributed by atoms with E-state index in [4.69, 9.17) is 4.99 Å². The number of benzene rings is 2. The van der Waals surface area contributed by atoms with Gasteiger partial charge in [0.2, 0.25) is 0 Å². The van der Waals surface area contributed by atoms with E-state index in [0.717, 1.165) is 48.3 Å².